The third kappa shape index (κ3) is 3.60. The van der Waals surface area contributed by atoms with Crippen molar-refractivity contribution in [1.29, 1.82) is 5.26 Å². The lowest BCUT2D eigenvalue weighted by Crippen LogP contribution is -2.14. The first-order valence-corrected chi connectivity index (χ1v) is 6.23. The van der Waals surface area contributed by atoms with Crippen molar-refractivity contribution in [3.63, 3.8) is 0 Å². The van der Waals surface area contributed by atoms with Gasteiger partial charge < -0.3 is 9.73 Å². The number of nitriles is 1. The topological polar surface area (TPSA) is 87.6 Å². The first-order valence-electron chi connectivity index (χ1n) is 6.23. The second kappa shape index (κ2) is 6.61. The molecule has 1 N–H and O–H groups in total. The fourth-order valence-electron chi connectivity index (χ4n) is 1.59. The van der Waals surface area contributed by atoms with Crippen LogP contribution >= 0.6 is 0 Å². The predicted molar refractivity (Wildman–Crippen MR) is 69.1 cm³/mol. The highest BCUT2D eigenvalue weighted by Crippen LogP contribution is 2.15. The van der Waals surface area contributed by atoms with Crippen molar-refractivity contribution in [3.8, 4) is 17.7 Å². The molecule has 0 aliphatic carbocycles. The zero-order chi connectivity index (χ0) is 13.5. The van der Waals surface area contributed by atoms with Crippen molar-refractivity contribution in [2.75, 3.05) is 13.1 Å². The largest absolute Gasteiger partial charge is 0.419 e. The average molecular weight is 257 g/mol. The molecule has 2 heterocycles. The smallest absolute Gasteiger partial charge is 0.266 e. The van der Waals surface area contributed by atoms with E-state index in [1.165, 1.54) is 6.20 Å². The van der Waals surface area contributed by atoms with Crippen LogP contribution in [0.1, 0.15) is 24.8 Å². The van der Waals surface area contributed by atoms with E-state index in [1.807, 2.05) is 6.07 Å². The van der Waals surface area contributed by atoms with Gasteiger partial charge in [-0.15, -0.1) is 10.2 Å². The van der Waals surface area contributed by atoms with Gasteiger partial charge in [0, 0.05) is 12.6 Å². The molecule has 0 amide bonds. The third-order valence-electron chi connectivity index (χ3n) is 2.57. The summed E-state index contributed by atoms with van der Waals surface area (Å²) in [5.41, 5.74) is 1.10. The molecule has 0 aliphatic heterocycles. The molecule has 0 aliphatic rings. The molecular weight excluding hydrogens is 242 g/mol. The van der Waals surface area contributed by atoms with Gasteiger partial charge in [-0.3, -0.25) is 0 Å². The van der Waals surface area contributed by atoms with Gasteiger partial charge in [-0.2, -0.15) is 5.26 Å². The Labute approximate surface area is 111 Å². The van der Waals surface area contributed by atoms with Crippen LogP contribution in [0.2, 0.25) is 0 Å². The minimum atomic E-state index is 0.392. The summed E-state index contributed by atoms with van der Waals surface area (Å²) in [6.45, 7) is 3.97. The van der Waals surface area contributed by atoms with Crippen LogP contribution in [-0.4, -0.2) is 28.3 Å². The highest BCUT2D eigenvalue weighted by Gasteiger charge is 2.09. The molecule has 19 heavy (non-hydrogen) atoms. The molecule has 0 aromatic carbocycles. The monoisotopic (exact) mass is 257 g/mol. The second-order valence-electron chi connectivity index (χ2n) is 4.00. The molecule has 2 rings (SSSR count). The third-order valence-corrected chi connectivity index (χ3v) is 2.57. The Bertz CT molecular complexity index is 555. The van der Waals surface area contributed by atoms with Gasteiger partial charge in [0.1, 0.15) is 11.8 Å². The number of aromatic nitrogens is 3. The van der Waals surface area contributed by atoms with Crippen molar-refractivity contribution in [1.82, 2.24) is 20.5 Å². The highest BCUT2D eigenvalue weighted by atomic mass is 16.4. The summed E-state index contributed by atoms with van der Waals surface area (Å²) in [5, 5.41) is 19.9. The fourth-order valence-corrected chi connectivity index (χ4v) is 1.59. The van der Waals surface area contributed by atoms with Crippen molar-refractivity contribution in [2.24, 2.45) is 0 Å². The molecule has 0 saturated heterocycles. The van der Waals surface area contributed by atoms with Crippen LogP contribution in [0.4, 0.5) is 0 Å². The van der Waals surface area contributed by atoms with Crippen molar-refractivity contribution < 1.29 is 4.42 Å². The molecule has 98 valence electrons. The summed E-state index contributed by atoms with van der Waals surface area (Å²) in [6, 6.07) is 5.40. The van der Waals surface area contributed by atoms with Gasteiger partial charge in [-0.05, 0) is 31.6 Å². The number of hydrogen-bond acceptors (Lipinski definition) is 6. The molecule has 0 bridgehead atoms. The van der Waals surface area contributed by atoms with E-state index >= 15 is 0 Å². The Kier molecular flexibility index (Phi) is 4.59. The maximum absolute atomic E-state index is 8.70. The van der Waals surface area contributed by atoms with E-state index in [2.05, 4.69) is 27.4 Å². The van der Waals surface area contributed by atoms with Crippen molar-refractivity contribution >= 4 is 0 Å². The molecule has 0 saturated carbocycles. The van der Waals surface area contributed by atoms with Gasteiger partial charge in [0.25, 0.3) is 5.89 Å². The van der Waals surface area contributed by atoms with Crippen LogP contribution in [0.25, 0.3) is 11.6 Å². The first-order chi connectivity index (χ1) is 9.33. The van der Waals surface area contributed by atoms with Gasteiger partial charge in [0.15, 0.2) is 0 Å². The van der Waals surface area contributed by atoms with Crippen molar-refractivity contribution in [3.05, 3.63) is 29.8 Å². The number of rotatable bonds is 6. The lowest BCUT2D eigenvalue weighted by Gasteiger charge is -1.97. The van der Waals surface area contributed by atoms with Gasteiger partial charge >= 0.3 is 0 Å². The van der Waals surface area contributed by atoms with E-state index < -0.39 is 0 Å². The molecule has 0 radical (unpaired) electrons. The van der Waals surface area contributed by atoms with Gasteiger partial charge in [-0.25, -0.2) is 4.98 Å². The van der Waals surface area contributed by atoms with E-state index in [9.17, 15) is 0 Å². The molecular formula is C13H15N5O. The zero-order valence-corrected chi connectivity index (χ0v) is 10.8. The van der Waals surface area contributed by atoms with E-state index in [-0.39, 0.29) is 0 Å². The maximum Gasteiger partial charge on any atom is 0.266 e. The van der Waals surface area contributed by atoms with Crippen LogP contribution in [-0.2, 0) is 6.42 Å². The maximum atomic E-state index is 8.70. The zero-order valence-electron chi connectivity index (χ0n) is 10.8. The van der Waals surface area contributed by atoms with Crippen LogP contribution < -0.4 is 5.32 Å². The number of nitrogens with one attached hydrogen (secondary N) is 1. The molecule has 0 unspecified atom stereocenters. The van der Waals surface area contributed by atoms with Crippen LogP contribution in [0, 0.1) is 11.3 Å². The molecule has 0 atom stereocenters. The van der Waals surface area contributed by atoms with Crippen molar-refractivity contribution in [2.45, 2.75) is 19.8 Å². The predicted octanol–water partition coefficient (Wildman–Crippen LogP) is 1.55. The SMILES string of the molecule is CCNCCCc1nnc(-c2ccc(C#N)cn2)o1. The number of pyridine rings is 1. The number of nitrogens with zero attached hydrogens (tertiary/aromatic N) is 4. The standard InChI is InChI=1S/C13H15N5O/c1-2-15-7-3-4-12-17-18-13(19-12)11-6-5-10(8-14)9-16-11/h5-6,9,15H,2-4,7H2,1H3. The minimum absolute atomic E-state index is 0.392. The normalized spacial score (nSPS) is 10.3. The summed E-state index contributed by atoms with van der Waals surface area (Å²) in [6.07, 6.45) is 3.19. The first kappa shape index (κ1) is 13.2. The van der Waals surface area contributed by atoms with Gasteiger partial charge in [-0.1, -0.05) is 6.92 Å². The summed E-state index contributed by atoms with van der Waals surface area (Å²) < 4.78 is 5.53. The lowest BCUT2D eigenvalue weighted by molar-refractivity contribution is 0.491. The quantitative estimate of drug-likeness (QED) is 0.790. The van der Waals surface area contributed by atoms with E-state index in [1.54, 1.807) is 12.1 Å². The molecule has 0 fully saturated rings. The molecule has 0 spiro atoms. The molecule has 6 heteroatoms. The van der Waals surface area contributed by atoms with Gasteiger partial charge in [0.05, 0.1) is 5.56 Å². The Hall–Kier alpha value is -2.26. The lowest BCUT2D eigenvalue weighted by atomic mass is 10.3. The van der Waals surface area contributed by atoms with Crippen LogP contribution in [0.15, 0.2) is 22.7 Å². The van der Waals surface area contributed by atoms with Gasteiger partial charge in [0.2, 0.25) is 5.89 Å². The number of aryl methyl sites for hydroxylation is 1. The summed E-state index contributed by atoms with van der Waals surface area (Å²) in [5.74, 6) is 1.00. The molecule has 6 nitrogen and oxygen atoms in total. The minimum Gasteiger partial charge on any atom is -0.419 e. The van der Waals surface area contributed by atoms with E-state index in [0.717, 1.165) is 25.9 Å². The summed E-state index contributed by atoms with van der Waals surface area (Å²) >= 11 is 0. The summed E-state index contributed by atoms with van der Waals surface area (Å²) in [4.78, 5) is 4.11. The van der Waals surface area contributed by atoms with E-state index in [4.69, 9.17) is 9.68 Å². The van der Waals surface area contributed by atoms with Crippen LogP contribution in [0.3, 0.4) is 0 Å². The summed E-state index contributed by atoms with van der Waals surface area (Å²) in [7, 11) is 0. The second-order valence-corrected chi connectivity index (χ2v) is 4.00. The molecule has 2 aromatic rings. The Morgan fingerprint density at radius 1 is 1.37 bits per heavy atom. The number of hydrogen-bond donors (Lipinski definition) is 1. The Morgan fingerprint density at radius 3 is 2.95 bits per heavy atom. The van der Waals surface area contributed by atoms with Crippen LogP contribution in [0.5, 0.6) is 0 Å². The Balaban J connectivity index is 1.98. The Morgan fingerprint density at radius 2 is 2.26 bits per heavy atom. The fraction of sp³-hybridized carbons (Fsp3) is 0.385. The molecule has 2 aromatic heterocycles. The average Bonchev–Trinajstić information content (AvgIpc) is 2.92. The highest BCUT2D eigenvalue weighted by molar-refractivity contribution is 5.47. The van der Waals surface area contributed by atoms with E-state index in [0.29, 0.717) is 23.0 Å².